The third-order valence-corrected chi connectivity index (χ3v) is 2.75. The number of hydrogen-bond donors (Lipinski definition) is 2. The summed E-state index contributed by atoms with van der Waals surface area (Å²) < 4.78 is 5.33. The molecule has 0 aliphatic carbocycles. The van der Waals surface area contributed by atoms with Crippen LogP contribution in [-0.2, 0) is 4.79 Å². The van der Waals surface area contributed by atoms with Gasteiger partial charge in [-0.15, -0.1) is 0 Å². The Labute approximate surface area is 113 Å². The molecule has 5 heteroatoms. The molecule has 4 nitrogen and oxygen atoms in total. The zero-order valence-electron chi connectivity index (χ0n) is 10.9. The highest BCUT2D eigenvalue weighted by molar-refractivity contribution is 6.32. The Morgan fingerprint density at radius 3 is 2.78 bits per heavy atom. The summed E-state index contributed by atoms with van der Waals surface area (Å²) in [5.74, 6) is 0.491. The Hall–Kier alpha value is -1.26. The highest BCUT2D eigenvalue weighted by Gasteiger charge is 2.12. The molecule has 0 aromatic heterocycles. The fourth-order valence-corrected chi connectivity index (χ4v) is 1.75. The van der Waals surface area contributed by atoms with E-state index in [-0.39, 0.29) is 11.8 Å². The van der Waals surface area contributed by atoms with Crippen molar-refractivity contribution >= 4 is 23.2 Å². The van der Waals surface area contributed by atoms with Gasteiger partial charge in [0.2, 0.25) is 5.91 Å². The number of halogens is 1. The van der Waals surface area contributed by atoms with Gasteiger partial charge in [0.05, 0.1) is 11.6 Å². The molecule has 0 aliphatic rings. The summed E-state index contributed by atoms with van der Waals surface area (Å²) in [6, 6.07) is 5.22. The maximum absolute atomic E-state index is 11.8. The van der Waals surface area contributed by atoms with Gasteiger partial charge in [-0.25, -0.2) is 0 Å². The van der Waals surface area contributed by atoms with Crippen LogP contribution >= 0.6 is 11.6 Å². The van der Waals surface area contributed by atoms with Crippen molar-refractivity contribution in [3.05, 3.63) is 23.2 Å². The minimum atomic E-state index is -0.0969. The Balaban J connectivity index is 2.68. The molecule has 0 heterocycles. The Morgan fingerprint density at radius 1 is 1.50 bits per heavy atom. The minimum absolute atomic E-state index is 0.0374. The summed E-state index contributed by atoms with van der Waals surface area (Å²) in [5, 5.41) is 6.28. The van der Waals surface area contributed by atoms with Crippen LogP contribution in [0, 0.1) is 5.92 Å². The first-order valence-electron chi connectivity index (χ1n) is 5.96. The molecule has 1 aromatic carbocycles. The number of hydrogen-bond acceptors (Lipinski definition) is 3. The zero-order valence-corrected chi connectivity index (χ0v) is 11.7. The van der Waals surface area contributed by atoms with Crippen molar-refractivity contribution in [3.8, 4) is 5.75 Å². The molecular formula is C13H19ClN2O2. The van der Waals surface area contributed by atoms with Crippen LogP contribution in [0.2, 0.25) is 5.02 Å². The van der Waals surface area contributed by atoms with Gasteiger partial charge in [0.15, 0.2) is 0 Å². The van der Waals surface area contributed by atoms with Crippen LogP contribution < -0.4 is 15.4 Å². The van der Waals surface area contributed by atoms with Crippen LogP contribution in [0.3, 0.4) is 0 Å². The van der Waals surface area contributed by atoms with Crippen molar-refractivity contribution in [2.24, 2.45) is 5.92 Å². The third-order valence-electron chi connectivity index (χ3n) is 2.46. The lowest BCUT2D eigenvalue weighted by Gasteiger charge is -2.12. The second kappa shape index (κ2) is 7.24. The summed E-state index contributed by atoms with van der Waals surface area (Å²) >= 11 is 6.04. The van der Waals surface area contributed by atoms with Gasteiger partial charge in [-0.05, 0) is 32.2 Å². The summed E-state index contributed by atoms with van der Waals surface area (Å²) in [6.07, 6.45) is 0. The minimum Gasteiger partial charge on any atom is -0.492 e. The van der Waals surface area contributed by atoms with Gasteiger partial charge in [0.1, 0.15) is 5.75 Å². The molecule has 0 saturated carbocycles. The van der Waals surface area contributed by atoms with Crippen LogP contribution in [0.1, 0.15) is 13.8 Å². The largest absolute Gasteiger partial charge is 0.492 e. The summed E-state index contributed by atoms with van der Waals surface area (Å²) in [7, 11) is 1.82. The average molecular weight is 271 g/mol. The number of anilines is 1. The lowest BCUT2D eigenvalue weighted by atomic mass is 10.1. The molecule has 1 aromatic rings. The molecule has 1 amide bonds. The first-order chi connectivity index (χ1) is 8.58. The van der Waals surface area contributed by atoms with Crippen molar-refractivity contribution < 1.29 is 9.53 Å². The normalized spacial score (nSPS) is 12.0. The molecule has 100 valence electrons. The molecule has 0 bridgehead atoms. The Kier molecular flexibility index (Phi) is 5.95. The quantitative estimate of drug-likeness (QED) is 0.835. The molecule has 0 saturated heterocycles. The number of benzene rings is 1. The maximum atomic E-state index is 11.8. The standard InChI is InChI=1S/C13H19ClN2O2/c1-4-18-12-6-5-10(7-11(12)14)16-13(17)9(2)8-15-3/h5-7,9,15H,4,8H2,1-3H3,(H,16,17). The van der Waals surface area contributed by atoms with E-state index in [4.69, 9.17) is 16.3 Å². The van der Waals surface area contributed by atoms with Crippen molar-refractivity contribution in [2.75, 3.05) is 25.5 Å². The van der Waals surface area contributed by atoms with Crippen LogP contribution in [0.4, 0.5) is 5.69 Å². The summed E-state index contributed by atoms with van der Waals surface area (Å²) in [5.41, 5.74) is 0.677. The molecular weight excluding hydrogens is 252 g/mol. The van der Waals surface area contributed by atoms with Crippen LogP contribution in [0.5, 0.6) is 5.75 Å². The van der Waals surface area contributed by atoms with Crippen LogP contribution in [-0.4, -0.2) is 26.1 Å². The van der Waals surface area contributed by atoms with Gasteiger partial charge in [0, 0.05) is 18.2 Å². The second-order valence-corrected chi connectivity index (χ2v) is 4.43. The van der Waals surface area contributed by atoms with E-state index in [1.54, 1.807) is 18.2 Å². The predicted molar refractivity (Wildman–Crippen MR) is 74.3 cm³/mol. The molecule has 18 heavy (non-hydrogen) atoms. The number of ether oxygens (including phenoxy) is 1. The molecule has 2 N–H and O–H groups in total. The summed E-state index contributed by atoms with van der Waals surface area (Å²) in [6.45, 7) is 4.95. The fraction of sp³-hybridized carbons (Fsp3) is 0.462. The number of rotatable bonds is 6. The molecule has 0 radical (unpaired) electrons. The van der Waals surface area contributed by atoms with Gasteiger partial charge < -0.3 is 15.4 Å². The van der Waals surface area contributed by atoms with E-state index in [2.05, 4.69) is 10.6 Å². The van der Waals surface area contributed by atoms with Crippen molar-refractivity contribution in [1.82, 2.24) is 5.32 Å². The van der Waals surface area contributed by atoms with Gasteiger partial charge in [-0.3, -0.25) is 4.79 Å². The van der Waals surface area contributed by atoms with Gasteiger partial charge in [-0.2, -0.15) is 0 Å². The highest BCUT2D eigenvalue weighted by atomic mass is 35.5. The number of carbonyl (C=O) groups is 1. The van der Waals surface area contributed by atoms with E-state index in [9.17, 15) is 4.79 Å². The van der Waals surface area contributed by atoms with E-state index < -0.39 is 0 Å². The lowest BCUT2D eigenvalue weighted by Crippen LogP contribution is -2.28. The Morgan fingerprint density at radius 2 is 2.22 bits per heavy atom. The first kappa shape index (κ1) is 14.8. The van der Waals surface area contributed by atoms with Gasteiger partial charge in [-0.1, -0.05) is 18.5 Å². The van der Waals surface area contributed by atoms with E-state index in [1.807, 2.05) is 20.9 Å². The van der Waals surface area contributed by atoms with Gasteiger partial charge in [0.25, 0.3) is 0 Å². The van der Waals surface area contributed by atoms with Crippen LogP contribution in [0.25, 0.3) is 0 Å². The van der Waals surface area contributed by atoms with Crippen molar-refractivity contribution in [2.45, 2.75) is 13.8 Å². The zero-order chi connectivity index (χ0) is 13.5. The SMILES string of the molecule is CCOc1ccc(NC(=O)C(C)CNC)cc1Cl. The van der Waals surface area contributed by atoms with E-state index in [1.165, 1.54) is 0 Å². The molecule has 0 spiro atoms. The molecule has 0 fully saturated rings. The van der Waals surface area contributed by atoms with Gasteiger partial charge >= 0.3 is 0 Å². The molecule has 1 atom stereocenters. The van der Waals surface area contributed by atoms with E-state index in [0.29, 0.717) is 29.6 Å². The molecule has 1 rings (SSSR count). The smallest absolute Gasteiger partial charge is 0.228 e. The fourth-order valence-electron chi connectivity index (χ4n) is 1.52. The van der Waals surface area contributed by atoms with Crippen LogP contribution in [0.15, 0.2) is 18.2 Å². The number of carbonyl (C=O) groups excluding carboxylic acids is 1. The second-order valence-electron chi connectivity index (χ2n) is 4.03. The maximum Gasteiger partial charge on any atom is 0.228 e. The third kappa shape index (κ3) is 4.20. The molecule has 1 unspecified atom stereocenters. The van der Waals surface area contributed by atoms with E-state index in [0.717, 1.165) is 0 Å². The average Bonchev–Trinajstić information content (AvgIpc) is 2.33. The van der Waals surface area contributed by atoms with Crippen molar-refractivity contribution in [1.29, 1.82) is 0 Å². The Bertz CT molecular complexity index is 410. The summed E-state index contributed by atoms with van der Waals surface area (Å²) in [4.78, 5) is 11.8. The predicted octanol–water partition coefficient (Wildman–Crippen LogP) is 2.53. The lowest BCUT2D eigenvalue weighted by molar-refractivity contribution is -0.119. The highest BCUT2D eigenvalue weighted by Crippen LogP contribution is 2.27. The van der Waals surface area contributed by atoms with E-state index >= 15 is 0 Å². The first-order valence-corrected chi connectivity index (χ1v) is 6.34. The monoisotopic (exact) mass is 270 g/mol. The topological polar surface area (TPSA) is 50.4 Å². The number of amides is 1. The number of nitrogens with one attached hydrogen (secondary N) is 2. The van der Waals surface area contributed by atoms with Crippen molar-refractivity contribution in [3.63, 3.8) is 0 Å². The molecule has 0 aliphatic heterocycles.